The molecule has 0 aromatic heterocycles. The molecular weight excluding hydrogens is 833 g/mol. The number of para-hydroxylation sites is 4. The van der Waals surface area contributed by atoms with Crippen molar-refractivity contribution >= 4 is 34.1 Å². The van der Waals surface area contributed by atoms with Gasteiger partial charge in [0.2, 0.25) is 0 Å². The number of benzene rings is 11. The Morgan fingerprint density at radius 1 is 0.203 bits per heavy atom. The molecule has 11 aromatic carbocycles. The summed E-state index contributed by atoms with van der Waals surface area (Å²) in [6.45, 7) is 0. The maximum atomic E-state index is 2.55. The minimum Gasteiger partial charge on any atom is -0.310 e. The van der Waals surface area contributed by atoms with Crippen LogP contribution in [0.2, 0.25) is 0 Å². The van der Waals surface area contributed by atoms with Crippen LogP contribution in [0, 0.1) is 0 Å². The van der Waals surface area contributed by atoms with Crippen molar-refractivity contribution in [1.29, 1.82) is 0 Å². The third-order valence-electron chi connectivity index (χ3n) is 14.2. The second-order valence-electron chi connectivity index (χ2n) is 18.0. The Balaban J connectivity index is 1.16. The molecule has 2 aliphatic carbocycles. The molecule has 0 fully saturated rings. The molecule has 1 unspecified atom stereocenters. The van der Waals surface area contributed by atoms with Crippen LogP contribution in [-0.4, -0.2) is 0 Å². The second-order valence-corrected chi connectivity index (χ2v) is 18.0. The zero-order valence-electron chi connectivity index (χ0n) is 38.0. The molecule has 0 radical (unpaired) electrons. The SMILES string of the molecule is c1ccc(-c2cc3c(cc2N(c2ccccc2)c2ccccc2)C2(c4ccccc4-3)c3ccccc3-c3cc(-c4ccccc4)c(N(c4ccccc4)c4ccccc4-c4ccccc4)cc32)cc1. The molecule has 324 valence electrons. The first kappa shape index (κ1) is 40.3. The van der Waals surface area contributed by atoms with Crippen LogP contribution < -0.4 is 9.80 Å². The summed E-state index contributed by atoms with van der Waals surface area (Å²) in [4.78, 5) is 4.95. The normalized spacial score (nSPS) is 13.9. The van der Waals surface area contributed by atoms with E-state index in [1.165, 1.54) is 66.8 Å². The summed E-state index contributed by atoms with van der Waals surface area (Å²) in [5, 5.41) is 0. The molecule has 0 saturated heterocycles. The molecule has 1 atom stereocenters. The maximum absolute atomic E-state index is 2.55. The number of hydrogen-bond donors (Lipinski definition) is 0. The van der Waals surface area contributed by atoms with E-state index < -0.39 is 5.41 Å². The van der Waals surface area contributed by atoms with Gasteiger partial charge in [0.25, 0.3) is 0 Å². The van der Waals surface area contributed by atoms with Crippen molar-refractivity contribution < 1.29 is 0 Å². The molecule has 11 aromatic rings. The number of rotatable bonds is 9. The fourth-order valence-corrected chi connectivity index (χ4v) is 11.4. The van der Waals surface area contributed by atoms with Gasteiger partial charge < -0.3 is 9.80 Å². The van der Waals surface area contributed by atoms with E-state index in [2.05, 4.69) is 289 Å². The van der Waals surface area contributed by atoms with Crippen molar-refractivity contribution in [3.8, 4) is 55.6 Å². The van der Waals surface area contributed by atoms with Crippen molar-refractivity contribution in [2.45, 2.75) is 5.41 Å². The van der Waals surface area contributed by atoms with Gasteiger partial charge in [-0.3, -0.25) is 0 Å². The van der Waals surface area contributed by atoms with Gasteiger partial charge in [0, 0.05) is 33.8 Å². The van der Waals surface area contributed by atoms with Gasteiger partial charge in [0.1, 0.15) is 0 Å². The first-order valence-corrected chi connectivity index (χ1v) is 23.8. The van der Waals surface area contributed by atoms with E-state index in [1.807, 2.05) is 0 Å². The van der Waals surface area contributed by atoms with Gasteiger partial charge >= 0.3 is 0 Å². The van der Waals surface area contributed by atoms with Crippen molar-refractivity contribution in [2.24, 2.45) is 0 Å². The highest BCUT2D eigenvalue weighted by atomic mass is 15.2. The lowest BCUT2D eigenvalue weighted by atomic mass is 9.70. The highest BCUT2D eigenvalue weighted by Gasteiger charge is 2.52. The van der Waals surface area contributed by atoms with Gasteiger partial charge in [-0.25, -0.2) is 0 Å². The van der Waals surface area contributed by atoms with Crippen molar-refractivity contribution in [2.75, 3.05) is 9.80 Å². The van der Waals surface area contributed by atoms with Gasteiger partial charge in [-0.1, -0.05) is 212 Å². The summed E-state index contributed by atoms with van der Waals surface area (Å²) in [6, 6.07) is 103. The zero-order valence-corrected chi connectivity index (χ0v) is 38.0. The van der Waals surface area contributed by atoms with Gasteiger partial charge in [0.05, 0.1) is 22.5 Å². The van der Waals surface area contributed by atoms with E-state index in [0.29, 0.717) is 0 Å². The van der Waals surface area contributed by atoms with Crippen LogP contribution >= 0.6 is 0 Å². The molecule has 69 heavy (non-hydrogen) atoms. The summed E-state index contributed by atoms with van der Waals surface area (Å²) in [5.74, 6) is 0. The Bertz CT molecular complexity index is 3590. The van der Waals surface area contributed by atoms with Crippen LogP contribution in [0.1, 0.15) is 22.3 Å². The minimum atomic E-state index is -0.661. The average molecular weight is 879 g/mol. The zero-order chi connectivity index (χ0) is 45.7. The highest BCUT2D eigenvalue weighted by molar-refractivity contribution is 6.03. The highest BCUT2D eigenvalue weighted by Crippen LogP contribution is 2.65. The molecule has 0 N–H and O–H groups in total. The van der Waals surface area contributed by atoms with Crippen LogP contribution in [0.3, 0.4) is 0 Å². The first-order chi connectivity index (χ1) is 34.3. The van der Waals surface area contributed by atoms with Gasteiger partial charge in [-0.2, -0.15) is 0 Å². The van der Waals surface area contributed by atoms with E-state index >= 15 is 0 Å². The Morgan fingerprint density at radius 2 is 0.522 bits per heavy atom. The van der Waals surface area contributed by atoms with E-state index in [0.717, 1.165) is 45.3 Å². The molecule has 13 rings (SSSR count). The molecule has 2 nitrogen and oxygen atoms in total. The van der Waals surface area contributed by atoms with E-state index in [9.17, 15) is 0 Å². The smallest absolute Gasteiger partial charge is 0.0727 e. The largest absolute Gasteiger partial charge is 0.310 e. The molecule has 1 spiro atoms. The summed E-state index contributed by atoms with van der Waals surface area (Å²) in [5.41, 5.74) is 23.1. The maximum Gasteiger partial charge on any atom is 0.0727 e. The lowest BCUT2D eigenvalue weighted by Crippen LogP contribution is -2.27. The molecule has 2 heteroatoms. The number of nitrogens with zero attached hydrogens (tertiary/aromatic N) is 2. The van der Waals surface area contributed by atoms with Gasteiger partial charge in [-0.05, 0) is 128 Å². The molecule has 0 saturated carbocycles. The Morgan fingerprint density at radius 3 is 0.957 bits per heavy atom. The lowest BCUT2D eigenvalue weighted by Gasteiger charge is -2.35. The number of fused-ring (bicyclic) bond motifs is 10. The summed E-state index contributed by atoms with van der Waals surface area (Å²) in [6.07, 6.45) is 0. The van der Waals surface area contributed by atoms with Crippen molar-refractivity contribution in [1.82, 2.24) is 0 Å². The predicted molar refractivity (Wildman–Crippen MR) is 288 cm³/mol. The van der Waals surface area contributed by atoms with E-state index in [1.54, 1.807) is 0 Å². The minimum absolute atomic E-state index is 0.661. The summed E-state index contributed by atoms with van der Waals surface area (Å²) >= 11 is 0. The Labute approximate surface area is 404 Å². The second kappa shape index (κ2) is 16.7. The third-order valence-corrected chi connectivity index (χ3v) is 14.2. The van der Waals surface area contributed by atoms with Crippen LogP contribution in [0.4, 0.5) is 34.1 Å². The van der Waals surface area contributed by atoms with Crippen LogP contribution in [-0.2, 0) is 5.41 Å². The van der Waals surface area contributed by atoms with Crippen LogP contribution in [0.25, 0.3) is 55.6 Å². The van der Waals surface area contributed by atoms with E-state index in [4.69, 9.17) is 0 Å². The standard InChI is InChI=1S/C67H46N2/c1-7-25-47(26-8-1)53-37-21-24-42-64(53)69(52-35-17-6-18-36-52)66-46-63-59(44-57(66)49-29-11-3-12-30-49)55-39-20-23-41-61(55)67(63)60-40-22-19-38-54(60)58-43-56(48-27-9-2-10-28-48)65(45-62(58)67)68(50-31-13-4-14-32-50)51-33-15-5-16-34-51/h1-46H. The van der Waals surface area contributed by atoms with Crippen LogP contribution in [0.15, 0.2) is 279 Å². The van der Waals surface area contributed by atoms with Gasteiger partial charge in [0.15, 0.2) is 0 Å². The fourth-order valence-electron chi connectivity index (χ4n) is 11.4. The lowest BCUT2D eigenvalue weighted by molar-refractivity contribution is 0.793. The molecule has 2 aliphatic rings. The van der Waals surface area contributed by atoms with Crippen LogP contribution in [0.5, 0.6) is 0 Å². The summed E-state index contributed by atoms with van der Waals surface area (Å²) in [7, 11) is 0. The van der Waals surface area contributed by atoms with E-state index in [-0.39, 0.29) is 0 Å². The average Bonchev–Trinajstić information content (AvgIpc) is 3.88. The quantitative estimate of drug-likeness (QED) is 0.143. The van der Waals surface area contributed by atoms with Gasteiger partial charge in [-0.15, -0.1) is 0 Å². The molecule has 0 aliphatic heterocycles. The third kappa shape index (κ3) is 6.48. The number of anilines is 6. The molecular formula is C67H46N2. The molecule has 0 amide bonds. The predicted octanol–water partition coefficient (Wildman–Crippen LogP) is 18.0. The fraction of sp³-hybridized carbons (Fsp3) is 0.0149. The Kier molecular flexibility index (Phi) is 9.77. The monoisotopic (exact) mass is 878 g/mol. The molecule has 0 bridgehead atoms. The summed E-state index contributed by atoms with van der Waals surface area (Å²) < 4.78 is 0. The first-order valence-electron chi connectivity index (χ1n) is 23.8. The van der Waals surface area contributed by atoms with Crippen molar-refractivity contribution in [3.05, 3.63) is 301 Å². The van der Waals surface area contributed by atoms with Crippen molar-refractivity contribution in [3.63, 3.8) is 0 Å². The number of hydrogen-bond acceptors (Lipinski definition) is 2. The topological polar surface area (TPSA) is 6.48 Å². The Hall–Kier alpha value is -8.98. The molecule has 0 heterocycles.